The molecule has 0 spiro atoms. The third kappa shape index (κ3) is 0.709. The van der Waals surface area contributed by atoms with Crippen molar-refractivity contribution in [1.29, 1.82) is 0 Å². The van der Waals surface area contributed by atoms with E-state index in [0.29, 0.717) is 4.47 Å². The fourth-order valence-corrected chi connectivity index (χ4v) is 0.527. The van der Waals surface area contributed by atoms with E-state index in [0.717, 1.165) is 5.69 Å². The number of H-pyrrole nitrogens is 1. The first-order chi connectivity index (χ1) is 3.72. The maximum Gasteiger partial charge on any atom is 0.371 e. The molecule has 0 radical (unpaired) electrons. The largest absolute Gasteiger partial charge is 0.371 e. The zero-order valence-corrected chi connectivity index (χ0v) is 5.78. The van der Waals surface area contributed by atoms with Crippen LogP contribution in [0.25, 0.3) is 0 Å². The van der Waals surface area contributed by atoms with Crippen LogP contribution in [-0.4, -0.2) is 5.16 Å². The van der Waals surface area contributed by atoms with Crippen LogP contribution in [0.1, 0.15) is 5.69 Å². The molecule has 0 aliphatic carbocycles. The van der Waals surface area contributed by atoms with E-state index in [1.807, 2.05) is 0 Å². The minimum atomic E-state index is -0.359. The van der Waals surface area contributed by atoms with Crippen LogP contribution in [0, 0.1) is 6.92 Å². The molecule has 44 valence electrons. The molecule has 0 bridgehead atoms. The van der Waals surface area contributed by atoms with Gasteiger partial charge < -0.3 is 4.52 Å². The monoisotopic (exact) mass is 177 g/mol. The van der Waals surface area contributed by atoms with Gasteiger partial charge in [-0.25, -0.2) is 9.95 Å². The third-order valence-corrected chi connectivity index (χ3v) is 1.72. The molecule has 1 N–H and O–H groups in total. The maximum absolute atomic E-state index is 10.4. The SMILES string of the molecule is Cc1[nH]oc(=O)c1Br. The summed E-state index contributed by atoms with van der Waals surface area (Å²) in [6, 6.07) is 0. The van der Waals surface area contributed by atoms with Crippen LogP contribution in [0.5, 0.6) is 0 Å². The fourth-order valence-electron chi connectivity index (χ4n) is 0.366. The Morgan fingerprint density at radius 3 is 2.50 bits per heavy atom. The van der Waals surface area contributed by atoms with E-state index in [4.69, 9.17) is 0 Å². The number of rotatable bonds is 0. The summed E-state index contributed by atoms with van der Waals surface area (Å²) < 4.78 is 4.84. The van der Waals surface area contributed by atoms with Crippen molar-refractivity contribution in [2.75, 3.05) is 0 Å². The minimum absolute atomic E-state index is 0.359. The molecule has 0 aliphatic rings. The highest BCUT2D eigenvalue weighted by atomic mass is 79.9. The van der Waals surface area contributed by atoms with Gasteiger partial charge in [0.05, 0.1) is 5.69 Å². The van der Waals surface area contributed by atoms with Gasteiger partial charge in [-0.15, -0.1) is 0 Å². The van der Waals surface area contributed by atoms with Gasteiger partial charge in [0, 0.05) is 0 Å². The second-order valence-electron chi connectivity index (χ2n) is 1.43. The number of hydrogen-bond acceptors (Lipinski definition) is 2. The summed E-state index contributed by atoms with van der Waals surface area (Å²) in [6.45, 7) is 1.75. The van der Waals surface area contributed by atoms with Crippen molar-refractivity contribution in [2.45, 2.75) is 6.92 Å². The standard InChI is InChI=1S/C4H4BrNO2/c1-2-3(5)4(7)8-6-2/h6H,1H3. The van der Waals surface area contributed by atoms with Crippen LogP contribution in [-0.2, 0) is 0 Å². The van der Waals surface area contributed by atoms with Crippen LogP contribution >= 0.6 is 15.9 Å². The summed E-state index contributed by atoms with van der Waals surface area (Å²) in [5.41, 5.74) is 0.359. The van der Waals surface area contributed by atoms with Crippen LogP contribution in [0.4, 0.5) is 0 Å². The van der Waals surface area contributed by atoms with Crippen LogP contribution in [0.2, 0.25) is 0 Å². The molecule has 1 heterocycles. The van der Waals surface area contributed by atoms with Crippen molar-refractivity contribution in [1.82, 2.24) is 5.16 Å². The Morgan fingerprint density at radius 1 is 1.75 bits per heavy atom. The first-order valence-electron chi connectivity index (χ1n) is 2.05. The molecule has 1 aromatic heterocycles. The molecular formula is C4H4BrNO2. The van der Waals surface area contributed by atoms with Crippen LogP contribution in [0.15, 0.2) is 13.8 Å². The average molecular weight is 178 g/mol. The van der Waals surface area contributed by atoms with Crippen molar-refractivity contribution in [3.05, 3.63) is 20.6 Å². The first-order valence-corrected chi connectivity index (χ1v) is 2.84. The zero-order valence-electron chi connectivity index (χ0n) is 4.19. The van der Waals surface area contributed by atoms with E-state index < -0.39 is 0 Å². The lowest BCUT2D eigenvalue weighted by molar-refractivity contribution is 0.387. The molecule has 0 unspecified atom stereocenters. The van der Waals surface area contributed by atoms with Crippen molar-refractivity contribution < 1.29 is 4.52 Å². The highest BCUT2D eigenvalue weighted by Gasteiger charge is 2.00. The fraction of sp³-hybridized carbons (Fsp3) is 0.250. The van der Waals surface area contributed by atoms with Crippen molar-refractivity contribution >= 4 is 15.9 Å². The summed E-state index contributed by atoms with van der Waals surface area (Å²) in [5.74, 6) is 0. The number of aryl methyl sites for hydroxylation is 1. The Bertz CT molecular complexity index is 236. The lowest BCUT2D eigenvalue weighted by atomic mass is 10.5. The van der Waals surface area contributed by atoms with Gasteiger partial charge >= 0.3 is 5.63 Å². The smallest absolute Gasteiger partial charge is 0.338 e. The lowest BCUT2D eigenvalue weighted by Gasteiger charge is -1.73. The van der Waals surface area contributed by atoms with E-state index in [9.17, 15) is 4.79 Å². The van der Waals surface area contributed by atoms with Crippen molar-refractivity contribution in [3.8, 4) is 0 Å². The van der Waals surface area contributed by atoms with Gasteiger partial charge in [-0.2, -0.15) is 0 Å². The molecule has 0 saturated carbocycles. The molecule has 1 rings (SSSR count). The Kier molecular flexibility index (Phi) is 1.25. The molecule has 0 fully saturated rings. The number of nitrogens with one attached hydrogen (secondary N) is 1. The molecule has 1 aromatic rings. The Hall–Kier alpha value is -0.510. The number of halogens is 1. The van der Waals surface area contributed by atoms with E-state index >= 15 is 0 Å². The molecule has 4 heteroatoms. The molecule has 0 saturated heterocycles. The Balaban J connectivity index is 3.41. The summed E-state index contributed by atoms with van der Waals surface area (Å²) in [4.78, 5) is 10.4. The summed E-state index contributed by atoms with van der Waals surface area (Å²) in [7, 11) is 0. The molecule has 0 atom stereocenters. The lowest BCUT2D eigenvalue weighted by Crippen LogP contribution is -1.90. The van der Waals surface area contributed by atoms with Gasteiger partial charge in [-0.1, -0.05) is 0 Å². The van der Waals surface area contributed by atoms with E-state index in [1.165, 1.54) is 0 Å². The van der Waals surface area contributed by atoms with Crippen molar-refractivity contribution in [2.24, 2.45) is 0 Å². The Labute approximate surface area is 53.8 Å². The number of aromatic amines is 1. The van der Waals surface area contributed by atoms with Gasteiger partial charge in [0.2, 0.25) is 0 Å². The predicted molar refractivity (Wildman–Crippen MR) is 31.8 cm³/mol. The number of hydrogen-bond donors (Lipinski definition) is 1. The molecule has 0 aromatic carbocycles. The van der Waals surface area contributed by atoms with E-state index in [-0.39, 0.29) is 5.63 Å². The average Bonchev–Trinajstić information content (AvgIpc) is 1.98. The van der Waals surface area contributed by atoms with Crippen molar-refractivity contribution in [3.63, 3.8) is 0 Å². The third-order valence-electron chi connectivity index (χ3n) is 0.805. The van der Waals surface area contributed by atoms with Crippen LogP contribution in [0.3, 0.4) is 0 Å². The van der Waals surface area contributed by atoms with E-state index in [1.54, 1.807) is 6.92 Å². The first kappa shape index (κ1) is 5.62. The molecule has 8 heavy (non-hydrogen) atoms. The van der Waals surface area contributed by atoms with Gasteiger partial charge in [-0.05, 0) is 22.9 Å². The summed E-state index contributed by atoms with van der Waals surface area (Å²) in [5, 5.41) is 2.40. The second kappa shape index (κ2) is 1.78. The quantitative estimate of drug-likeness (QED) is 0.644. The van der Waals surface area contributed by atoms with Gasteiger partial charge in [0.15, 0.2) is 0 Å². The highest BCUT2D eigenvalue weighted by molar-refractivity contribution is 9.10. The molecule has 3 nitrogen and oxygen atoms in total. The molecular weight excluding hydrogens is 174 g/mol. The Morgan fingerprint density at radius 2 is 2.38 bits per heavy atom. The van der Waals surface area contributed by atoms with Gasteiger partial charge in [0.25, 0.3) is 0 Å². The molecule has 0 amide bonds. The van der Waals surface area contributed by atoms with Gasteiger partial charge in [-0.3, -0.25) is 0 Å². The molecule has 0 aliphatic heterocycles. The highest BCUT2D eigenvalue weighted by Crippen LogP contribution is 2.05. The number of aromatic nitrogens is 1. The van der Waals surface area contributed by atoms with E-state index in [2.05, 4.69) is 25.6 Å². The van der Waals surface area contributed by atoms with Crippen LogP contribution < -0.4 is 5.63 Å². The summed E-state index contributed by atoms with van der Waals surface area (Å²) in [6.07, 6.45) is 0. The normalized spacial score (nSPS) is 9.75. The predicted octanol–water partition coefficient (Wildman–Crippen LogP) is 1.04. The topological polar surface area (TPSA) is 46.0 Å². The summed E-state index contributed by atoms with van der Waals surface area (Å²) >= 11 is 3.01. The maximum atomic E-state index is 10.4. The zero-order chi connectivity index (χ0) is 6.15. The minimum Gasteiger partial charge on any atom is -0.338 e. The van der Waals surface area contributed by atoms with Gasteiger partial charge in [0.1, 0.15) is 4.47 Å². The second-order valence-corrected chi connectivity index (χ2v) is 2.22.